The fourth-order valence-electron chi connectivity index (χ4n) is 6.10. The highest BCUT2D eigenvalue weighted by atomic mass is 31.2. The molecule has 13 heteroatoms. The molecule has 0 heterocycles. The van der Waals surface area contributed by atoms with Gasteiger partial charge in [-0.05, 0) is 70.6 Å². The molecule has 0 radical (unpaired) electrons. The molecule has 0 aromatic carbocycles. The van der Waals surface area contributed by atoms with E-state index in [9.17, 15) is 28.9 Å². The molecule has 0 amide bonds. The van der Waals surface area contributed by atoms with Crippen LogP contribution in [0.4, 0.5) is 0 Å². The number of carbonyl (C=O) groups is 3. The van der Waals surface area contributed by atoms with Crippen LogP contribution in [-0.2, 0) is 37.5 Å². The molecule has 0 aliphatic rings. The zero-order valence-electron chi connectivity index (χ0n) is 37.9. The molecule has 0 spiro atoms. The van der Waals surface area contributed by atoms with Crippen LogP contribution in [0.3, 0.4) is 0 Å². The molecule has 352 valence electrons. The Bertz CT molecular complexity index is 1280. The average Bonchev–Trinajstić information content (AvgIpc) is 3.23. The second kappa shape index (κ2) is 42.4. The van der Waals surface area contributed by atoms with Gasteiger partial charge in [0.25, 0.3) is 0 Å². The number of nitrogens with two attached hydrogens (primary N) is 1. The van der Waals surface area contributed by atoms with Crippen molar-refractivity contribution < 1.29 is 52.6 Å². The summed E-state index contributed by atoms with van der Waals surface area (Å²) in [5, 5.41) is 19.2. The highest BCUT2D eigenvalue weighted by Crippen LogP contribution is 2.43. The number of carbonyl (C=O) groups excluding carboxylic acids is 2. The number of phosphoric ester groups is 1. The number of aliphatic hydroxyl groups excluding tert-OH is 1. The predicted octanol–water partition coefficient (Wildman–Crippen LogP) is 11.7. The third-order valence-corrected chi connectivity index (χ3v) is 10.8. The van der Waals surface area contributed by atoms with E-state index in [0.29, 0.717) is 19.3 Å². The predicted molar refractivity (Wildman–Crippen MR) is 246 cm³/mol. The molecule has 0 aliphatic carbocycles. The average molecular weight is 882 g/mol. The molecule has 12 nitrogen and oxygen atoms in total. The third-order valence-electron chi connectivity index (χ3n) is 9.84. The highest BCUT2D eigenvalue weighted by molar-refractivity contribution is 7.47. The van der Waals surface area contributed by atoms with Crippen molar-refractivity contribution >= 4 is 25.7 Å². The monoisotopic (exact) mass is 882 g/mol. The van der Waals surface area contributed by atoms with E-state index in [1.54, 1.807) is 12.2 Å². The lowest BCUT2D eigenvalue weighted by atomic mass is 10.1. The number of rotatable bonds is 43. The molecule has 2 unspecified atom stereocenters. The first kappa shape index (κ1) is 58.1. The van der Waals surface area contributed by atoms with Crippen molar-refractivity contribution in [3.05, 3.63) is 60.8 Å². The topological polar surface area (TPSA) is 192 Å². The molecule has 4 atom stereocenters. The number of aliphatic carboxylic acids is 1. The summed E-state index contributed by atoms with van der Waals surface area (Å²) in [5.41, 5.74) is 5.33. The summed E-state index contributed by atoms with van der Waals surface area (Å²) in [4.78, 5) is 46.1. The fraction of sp³-hybridized carbons (Fsp3) is 0.729. The van der Waals surface area contributed by atoms with E-state index in [4.69, 9.17) is 24.8 Å². The van der Waals surface area contributed by atoms with Crippen LogP contribution in [0.1, 0.15) is 187 Å². The van der Waals surface area contributed by atoms with E-state index >= 15 is 0 Å². The first-order valence-electron chi connectivity index (χ1n) is 23.4. The zero-order valence-corrected chi connectivity index (χ0v) is 38.7. The maximum Gasteiger partial charge on any atom is 0.472 e. The molecular weight excluding hydrogens is 797 g/mol. The lowest BCUT2D eigenvalue weighted by molar-refractivity contribution is -0.161. The fourth-order valence-corrected chi connectivity index (χ4v) is 6.88. The number of carboxylic acids is 1. The summed E-state index contributed by atoms with van der Waals surface area (Å²) in [6.07, 6.45) is 46.0. The molecule has 0 aromatic rings. The van der Waals surface area contributed by atoms with Crippen molar-refractivity contribution in [3.63, 3.8) is 0 Å². The first-order valence-corrected chi connectivity index (χ1v) is 24.9. The first-order chi connectivity index (χ1) is 29.5. The van der Waals surface area contributed by atoms with Gasteiger partial charge >= 0.3 is 25.7 Å². The van der Waals surface area contributed by atoms with Crippen molar-refractivity contribution in [1.29, 1.82) is 0 Å². The Hall–Kier alpha value is -2.86. The van der Waals surface area contributed by atoms with E-state index in [2.05, 4.69) is 54.8 Å². The molecule has 0 bridgehead atoms. The summed E-state index contributed by atoms with van der Waals surface area (Å²) < 4.78 is 32.6. The van der Waals surface area contributed by atoms with Gasteiger partial charge in [-0.1, -0.05) is 164 Å². The number of esters is 2. The lowest BCUT2D eigenvalue weighted by Gasteiger charge is -2.20. The number of carboxylic acid groups (broad SMARTS) is 1. The van der Waals surface area contributed by atoms with E-state index in [0.717, 1.165) is 51.4 Å². The highest BCUT2D eigenvalue weighted by Gasteiger charge is 2.28. The SMILES string of the molecule is CCCCC/C=C\C/C=C\CCCCCCCCCCCC(=O)O[C@H](COC(=O)CCCC(O)/C=C/C=C/C/C=C/CCCCCCCC)COP(=O)(O)OC[C@H](N)C(=O)O. The van der Waals surface area contributed by atoms with Crippen molar-refractivity contribution in [2.45, 2.75) is 205 Å². The Morgan fingerprint density at radius 1 is 0.590 bits per heavy atom. The molecular formula is C48H84NO11P. The minimum absolute atomic E-state index is 0.00491. The van der Waals surface area contributed by atoms with Crippen LogP contribution in [0, 0.1) is 0 Å². The molecule has 0 saturated carbocycles. The number of hydrogen-bond donors (Lipinski definition) is 4. The standard InChI is InChI=1S/C48H84NO11P/c1-3-5-7-9-11-13-15-17-18-19-20-21-22-24-26-28-30-32-34-38-47(52)60-44(41-58-61(55,56)59-42-45(49)48(53)54)40-57-46(51)39-35-37-43(50)36-33-31-29-27-25-23-16-14-12-10-8-6-4-2/h11,13,17-18,23,25,29,31,33,36,43-45,50H,3-10,12,14-16,19-22,24,26-28,30,32,34-35,37-42,49H2,1-2H3,(H,53,54)(H,55,56)/b13-11-,18-17-,25-23+,31-29+,36-33+/t43?,44-,45+/m1/s1. The van der Waals surface area contributed by atoms with Crippen LogP contribution < -0.4 is 5.73 Å². The van der Waals surface area contributed by atoms with Gasteiger partial charge in [0.15, 0.2) is 6.10 Å². The second-order valence-corrected chi connectivity index (χ2v) is 17.2. The number of phosphoric acid groups is 1. The summed E-state index contributed by atoms with van der Waals surface area (Å²) in [5.74, 6) is -2.60. The summed E-state index contributed by atoms with van der Waals surface area (Å²) >= 11 is 0. The largest absolute Gasteiger partial charge is 0.480 e. The van der Waals surface area contributed by atoms with Gasteiger partial charge < -0.3 is 30.3 Å². The summed E-state index contributed by atoms with van der Waals surface area (Å²) in [7, 11) is -4.77. The second-order valence-electron chi connectivity index (χ2n) is 15.7. The van der Waals surface area contributed by atoms with Gasteiger partial charge in [-0.15, -0.1) is 0 Å². The minimum Gasteiger partial charge on any atom is -0.480 e. The molecule has 0 aliphatic heterocycles. The minimum atomic E-state index is -4.77. The number of allylic oxidation sites excluding steroid dienone is 9. The van der Waals surface area contributed by atoms with E-state index in [1.165, 1.54) is 89.9 Å². The number of unbranched alkanes of at least 4 members (excludes halogenated alkanes) is 18. The van der Waals surface area contributed by atoms with Crippen LogP contribution in [0.2, 0.25) is 0 Å². The van der Waals surface area contributed by atoms with Gasteiger partial charge in [0.05, 0.1) is 19.3 Å². The molecule has 0 aromatic heterocycles. The normalized spacial score (nSPS) is 14.7. The van der Waals surface area contributed by atoms with Gasteiger partial charge in [0.2, 0.25) is 0 Å². The van der Waals surface area contributed by atoms with Crippen LogP contribution in [0.5, 0.6) is 0 Å². The molecule has 5 N–H and O–H groups in total. The van der Waals surface area contributed by atoms with Crippen molar-refractivity contribution in [2.75, 3.05) is 19.8 Å². The Labute approximate surface area is 369 Å². The van der Waals surface area contributed by atoms with Crippen molar-refractivity contribution in [2.24, 2.45) is 5.73 Å². The van der Waals surface area contributed by atoms with E-state index < -0.39 is 63.8 Å². The van der Waals surface area contributed by atoms with Crippen molar-refractivity contribution in [3.8, 4) is 0 Å². The Morgan fingerprint density at radius 3 is 1.64 bits per heavy atom. The summed E-state index contributed by atoms with van der Waals surface area (Å²) in [6.45, 7) is 2.58. The molecule has 0 fully saturated rings. The van der Waals surface area contributed by atoms with Gasteiger partial charge in [0, 0.05) is 12.8 Å². The smallest absolute Gasteiger partial charge is 0.472 e. The lowest BCUT2D eigenvalue weighted by Crippen LogP contribution is -2.34. The van der Waals surface area contributed by atoms with Crippen LogP contribution in [0.15, 0.2) is 60.8 Å². The van der Waals surface area contributed by atoms with Crippen LogP contribution >= 0.6 is 7.82 Å². The quantitative estimate of drug-likeness (QED) is 0.0149. The Morgan fingerprint density at radius 2 is 1.07 bits per heavy atom. The Balaban J connectivity index is 4.49. The number of ether oxygens (including phenoxy) is 2. The maximum absolute atomic E-state index is 12.7. The zero-order chi connectivity index (χ0) is 45.1. The third kappa shape index (κ3) is 42.2. The van der Waals surface area contributed by atoms with Gasteiger partial charge in [-0.2, -0.15) is 0 Å². The van der Waals surface area contributed by atoms with Gasteiger partial charge in [-0.25, -0.2) is 4.57 Å². The molecule has 61 heavy (non-hydrogen) atoms. The van der Waals surface area contributed by atoms with Crippen LogP contribution in [-0.4, -0.2) is 71.1 Å². The van der Waals surface area contributed by atoms with Crippen LogP contribution in [0.25, 0.3) is 0 Å². The van der Waals surface area contributed by atoms with Crippen molar-refractivity contribution in [1.82, 2.24) is 0 Å². The summed E-state index contributed by atoms with van der Waals surface area (Å²) in [6, 6.07) is -1.55. The maximum atomic E-state index is 12.7. The van der Waals surface area contributed by atoms with E-state index in [-0.39, 0.29) is 12.8 Å². The van der Waals surface area contributed by atoms with Gasteiger partial charge in [0.1, 0.15) is 12.6 Å². The number of hydrogen-bond acceptors (Lipinski definition) is 10. The number of aliphatic hydroxyl groups is 1. The van der Waals surface area contributed by atoms with E-state index in [1.807, 2.05) is 12.2 Å². The van der Waals surface area contributed by atoms with Gasteiger partial charge in [-0.3, -0.25) is 23.4 Å². The molecule has 0 rings (SSSR count). The molecule has 0 saturated heterocycles. The Kier molecular flexibility index (Phi) is 40.5.